The maximum absolute atomic E-state index is 5.84. The molecule has 0 radical (unpaired) electrons. The number of rotatable bonds is 22. The smallest absolute Gasteiger partial charge is 0.0716 e. The molecule has 174 valence electrons. The van der Waals surface area contributed by atoms with E-state index in [4.69, 9.17) is 9.47 Å². The second-order valence-corrected chi connectivity index (χ2v) is 8.87. The minimum atomic E-state index is 0.732. The van der Waals surface area contributed by atoms with E-state index in [9.17, 15) is 0 Å². The minimum Gasteiger partial charge on any atom is -0.377 e. The van der Waals surface area contributed by atoms with Gasteiger partial charge in [-0.25, -0.2) is 0 Å². The van der Waals surface area contributed by atoms with Gasteiger partial charge in [-0.05, 0) is 24.0 Å². The van der Waals surface area contributed by atoms with Crippen LogP contribution in [0.3, 0.4) is 0 Å². The van der Waals surface area contributed by atoms with Crippen LogP contribution in [0, 0.1) is 0 Å². The molecule has 2 nitrogen and oxygen atoms in total. The van der Waals surface area contributed by atoms with Crippen LogP contribution in [0.25, 0.3) is 0 Å². The molecule has 0 aliphatic heterocycles. The Labute approximate surface area is 188 Å². The van der Waals surface area contributed by atoms with E-state index in [1.54, 1.807) is 0 Å². The normalized spacial score (nSPS) is 11.3. The molecule has 0 fully saturated rings. The molecule has 0 spiro atoms. The topological polar surface area (TPSA) is 18.5 Å². The molecule has 0 aromatic heterocycles. The molecule has 0 unspecified atom stereocenters. The average Bonchev–Trinajstić information content (AvgIpc) is 2.77. The maximum Gasteiger partial charge on any atom is 0.0716 e. The quantitative estimate of drug-likeness (QED) is 0.175. The Bertz CT molecular complexity index is 411. The largest absolute Gasteiger partial charge is 0.377 e. The number of hydrogen-bond acceptors (Lipinski definition) is 2. The zero-order valence-electron chi connectivity index (χ0n) is 20.3. The van der Waals surface area contributed by atoms with Crippen LogP contribution in [0.15, 0.2) is 24.3 Å². The van der Waals surface area contributed by atoms with Gasteiger partial charge in [0.2, 0.25) is 0 Å². The van der Waals surface area contributed by atoms with Crippen molar-refractivity contribution in [1.29, 1.82) is 0 Å². The van der Waals surface area contributed by atoms with Gasteiger partial charge in [0.25, 0.3) is 0 Å². The predicted molar refractivity (Wildman–Crippen MR) is 131 cm³/mol. The third-order valence-electron chi connectivity index (χ3n) is 5.84. The molecule has 0 aliphatic carbocycles. The molecular formula is C28H50O2. The lowest BCUT2D eigenvalue weighted by Gasteiger charge is -2.07. The highest BCUT2D eigenvalue weighted by atomic mass is 16.5. The van der Waals surface area contributed by atoms with E-state index >= 15 is 0 Å². The first-order valence-corrected chi connectivity index (χ1v) is 13.1. The molecular weight excluding hydrogens is 368 g/mol. The molecule has 0 saturated heterocycles. The molecule has 1 rings (SSSR count). The molecule has 1 aromatic rings. The van der Waals surface area contributed by atoms with Crippen LogP contribution in [-0.4, -0.2) is 13.2 Å². The minimum absolute atomic E-state index is 0.732. The van der Waals surface area contributed by atoms with E-state index in [1.807, 2.05) is 0 Å². The van der Waals surface area contributed by atoms with Crippen LogP contribution in [0.1, 0.15) is 128 Å². The second kappa shape index (κ2) is 21.4. The number of unbranched alkanes of at least 4 members (excludes halogenated alkanes) is 14. The first kappa shape index (κ1) is 27.2. The second-order valence-electron chi connectivity index (χ2n) is 8.87. The van der Waals surface area contributed by atoms with Gasteiger partial charge in [0.05, 0.1) is 13.2 Å². The van der Waals surface area contributed by atoms with Crippen molar-refractivity contribution in [2.45, 2.75) is 130 Å². The SMILES string of the molecule is CCCCCCCCCCOCc1ccc(COCCCCCCCCCC)cc1. The van der Waals surface area contributed by atoms with Gasteiger partial charge >= 0.3 is 0 Å². The molecule has 0 saturated carbocycles. The van der Waals surface area contributed by atoms with Crippen LogP contribution in [0.4, 0.5) is 0 Å². The first-order chi connectivity index (χ1) is 14.9. The Morgan fingerprint density at radius 2 is 0.733 bits per heavy atom. The molecule has 0 N–H and O–H groups in total. The van der Waals surface area contributed by atoms with Crippen LogP contribution in [0.5, 0.6) is 0 Å². The Balaban J connectivity index is 1.92. The highest BCUT2D eigenvalue weighted by molar-refractivity contribution is 5.21. The zero-order valence-corrected chi connectivity index (χ0v) is 20.3. The van der Waals surface area contributed by atoms with Gasteiger partial charge in [0.15, 0.2) is 0 Å². The summed E-state index contributed by atoms with van der Waals surface area (Å²) in [6.07, 6.45) is 21.6. The fraction of sp³-hybridized carbons (Fsp3) is 0.786. The summed E-state index contributed by atoms with van der Waals surface area (Å²) in [7, 11) is 0. The van der Waals surface area contributed by atoms with E-state index < -0.39 is 0 Å². The molecule has 0 atom stereocenters. The number of ether oxygens (including phenoxy) is 2. The number of hydrogen-bond donors (Lipinski definition) is 0. The van der Waals surface area contributed by atoms with Crippen molar-refractivity contribution in [1.82, 2.24) is 0 Å². The summed E-state index contributed by atoms with van der Waals surface area (Å²) in [4.78, 5) is 0. The van der Waals surface area contributed by atoms with E-state index in [0.717, 1.165) is 26.4 Å². The van der Waals surface area contributed by atoms with Crippen LogP contribution in [0.2, 0.25) is 0 Å². The van der Waals surface area contributed by atoms with Gasteiger partial charge in [-0.1, -0.05) is 128 Å². The standard InChI is InChI=1S/C28H50O2/c1-3-5-7-9-11-13-15-17-23-29-25-27-19-21-28(22-20-27)26-30-24-18-16-14-12-10-8-6-4-2/h19-22H,3-18,23-26H2,1-2H3. The summed E-state index contributed by atoms with van der Waals surface area (Å²) < 4.78 is 11.7. The Morgan fingerprint density at radius 3 is 1.07 bits per heavy atom. The van der Waals surface area contributed by atoms with Crippen molar-refractivity contribution in [2.24, 2.45) is 0 Å². The van der Waals surface area contributed by atoms with Crippen molar-refractivity contribution < 1.29 is 9.47 Å². The molecule has 0 heterocycles. The van der Waals surface area contributed by atoms with Crippen LogP contribution >= 0.6 is 0 Å². The third kappa shape index (κ3) is 16.9. The molecule has 0 bridgehead atoms. The van der Waals surface area contributed by atoms with E-state index in [2.05, 4.69) is 38.1 Å². The molecule has 0 amide bonds. The molecule has 1 aromatic carbocycles. The van der Waals surface area contributed by atoms with Crippen LogP contribution in [-0.2, 0) is 22.7 Å². The summed E-state index contributed by atoms with van der Waals surface area (Å²) in [5.41, 5.74) is 2.53. The van der Waals surface area contributed by atoms with E-state index in [1.165, 1.54) is 114 Å². The fourth-order valence-corrected chi connectivity index (χ4v) is 3.79. The van der Waals surface area contributed by atoms with Gasteiger partial charge in [0, 0.05) is 13.2 Å². The summed E-state index contributed by atoms with van der Waals surface area (Å²) in [5, 5.41) is 0. The lowest BCUT2D eigenvalue weighted by molar-refractivity contribution is 0.114. The summed E-state index contributed by atoms with van der Waals surface area (Å²) in [6, 6.07) is 8.73. The van der Waals surface area contributed by atoms with Crippen molar-refractivity contribution in [3.05, 3.63) is 35.4 Å². The lowest BCUT2D eigenvalue weighted by atomic mass is 10.1. The lowest BCUT2D eigenvalue weighted by Crippen LogP contribution is -1.98. The summed E-state index contributed by atoms with van der Waals surface area (Å²) in [6.45, 7) is 7.79. The van der Waals surface area contributed by atoms with Crippen molar-refractivity contribution in [3.8, 4) is 0 Å². The summed E-state index contributed by atoms with van der Waals surface area (Å²) in [5.74, 6) is 0. The van der Waals surface area contributed by atoms with Gasteiger partial charge in [0.1, 0.15) is 0 Å². The van der Waals surface area contributed by atoms with E-state index in [0.29, 0.717) is 0 Å². The number of benzene rings is 1. The third-order valence-corrected chi connectivity index (χ3v) is 5.84. The molecule has 0 aliphatic rings. The van der Waals surface area contributed by atoms with Gasteiger partial charge in [-0.15, -0.1) is 0 Å². The predicted octanol–water partition coefficient (Wildman–Crippen LogP) is 9.00. The van der Waals surface area contributed by atoms with Crippen molar-refractivity contribution in [2.75, 3.05) is 13.2 Å². The van der Waals surface area contributed by atoms with Crippen molar-refractivity contribution >= 4 is 0 Å². The highest BCUT2D eigenvalue weighted by Gasteiger charge is 1.98. The zero-order chi connectivity index (χ0) is 21.5. The Morgan fingerprint density at radius 1 is 0.433 bits per heavy atom. The monoisotopic (exact) mass is 418 g/mol. The maximum atomic E-state index is 5.84. The van der Waals surface area contributed by atoms with Crippen LogP contribution < -0.4 is 0 Å². The average molecular weight is 419 g/mol. The Hall–Kier alpha value is -0.860. The highest BCUT2D eigenvalue weighted by Crippen LogP contribution is 2.11. The fourth-order valence-electron chi connectivity index (χ4n) is 3.79. The Kier molecular flexibility index (Phi) is 19.4. The first-order valence-electron chi connectivity index (χ1n) is 13.1. The van der Waals surface area contributed by atoms with Gasteiger partial charge in [-0.3, -0.25) is 0 Å². The molecule has 2 heteroatoms. The van der Waals surface area contributed by atoms with Gasteiger partial charge < -0.3 is 9.47 Å². The molecule has 30 heavy (non-hydrogen) atoms. The van der Waals surface area contributed by atoms with E-state index in [-0.39, 0.29) is 0 Å². The van der Waals surface area contributed by atoms with Gasteiger partial charge in [-0.2, -0.15) is 0 Å². The summed E-state index contributed by atoms with van der Waals surface area (Å²) >= 11 is 0. The van der Waals surface area contributed by atoms with Crippen molar-refractivity contribution in [3.63, 3.8) is 0 Å².